The molecule has 0 fully saturated rings. The molecule has 0 saturated carbocycles. The number of aromatic nitrogens is 4. The van der Waals surface area contributed by atoms with Crippen LogP contribution >= 0.6 is 0 Å². The molecule has 0 aliphatic rings. The average molecular weight is 406 g/mol. The summed E-state index contributed by atoms with van der Waals surface area (Å²) in [6.07, 6.45) is 4.80. The number of pyridine rings is 1. The minimum Gasteiger partial charge on any atom is -0.394 e. The Balaban J connectivity index is 1.91. The molecule has 1 aromatic carbocycles. The Bertz CT molecular complexity index is 1210. The number of carbonyl (C=O) groups excluding carboxylic acids is 1. The monoisotopic (exact) mass is 406 g/mol. The lowest BCUT2D eigenvalue weighted by Crippen LogP contribution is -2.38. The van der Waals surface area contributed by atoms with E-state index in [-0.39, 0.29) is 11.6 Å². The van der Waals surface area contributed by atoms with Crippen molar-refractivity contribution in [1.82, 2.24) is 19.5 Å². The fraction of sp³-hybridized carbons (Fsp3) is 0.143. The van der Waals surface area contributed by atoms with Gasteiger partial charge in [0.25, 0.3) is 0 Å². The highest BCUT2D eigenvalue weighted by molar-refractivity contribution is 6.02. The summed E-state index contributed by atoms with van der Waals surface area (Å²) in [6.45, 7) is -0.480. The molecule has 0 unspecified atom stereocenters. The first kappa shape index (κ1) is 19.6. The minimum absolute atomic E-state index is 0.212. The molecule has 1 amide bonds. The molecule has 0 bridgehead atoms. The lowest BCUT2D eigenvalue weighted by atomic mass is 10.0. The molecule has 0 aliphatic carbocycles. The Labute approximate surface area is 171 Å². The Morgan fingerprint density at radius 3 is 2.57 bits per heavy atom. The van der Waals surface area contributed by atoms with Crippen molar-refractivity contribution in [2.45, 2.75) is 6.04 Å². The molecule has 4 aromatic rings. The summed E-state index contributed by atoms with van der Waals surface area (Å²) in [4.78, 5) is 25.1. The summed E-state index contributed by atoms with van der Waals surface area (Å²) in [5, 5.41) is 11.6. The van der Waals surface area contributed by atoms with E-state index >= 15 is 0 Å². The highest BCUT2D eigenvalue weighted by Crippen LogP contribution is 2.38. The van der Waals surface area contributed by atoms with Crippen LogP contribution in [-0.2, 0) is 11.8 Å². The quantitative estimate of drug-likeness (QED) is 0.467. The normalized spacial score (nSPS) is 12.1. The number of nitrogens with one attached hydrogen (secondary N) is 1. The first-order chi connectivity index (χ1) is 14.5. The number of aliphatic hydroxyl groups is 1. The van der Waals surface area contributed by atoms with Crippen molar-refractivity contribution in [2.24, 2.45) is 12.8 Å². The van der Waals surface area contributed by atoms with Crippen molar-refractivity contribution < 1.29 is 14.3 Å². The van der Waals surface area contributed by atoms with Gasteiger partial charge in [0.05, 0.1) is 18.5 Å². The molecular formula is C21H19FN6O2. The molecule has 9 heteroatoms. The topological polar surface area (TPSA) is 119 Å². The van der Waals surface area contributed by atoms with Gasteiger partial charge in [0.2, 0.25) is 5.91 Å². The predicted molar refractivity (Wildman–Crippen MR) is 111 cm³/mol. The number of rotatable bonds is 5. The third-order valence-electron chi connectivity index (χ3n) is 4.75. The smallest absolute Gasteiger partial charge is 0.244 e. The predicted octanol–water partition coefficient (Wildman–Crippen LogP) is 2.09. The van der Waals surface area contributed by atoms with Crippen molar-refractivity contribution in [2.75, 3.05) is 11.9 Å². The van der Waals surface area contributed by atoms with E-state index in [1.807, 2.05) is 23.7 Å². The van der Waals surface area contributed by atoms with E-state index in [9.17, 15) is 9.18 Å². The standard InChI is InChI=1S/C21H19FN6O2/c1-28-19(13-2-4-14(22)5-3-13)17(12-6-8-24-9-7-12)18-20(28)26-16(10-25-18)27-21(30)15(23)11-29/h2-10,15,29H,11,23H2,1H3,(H,26,27,30)/t15-/m0/s1. The van der Waals surface area contributed by atoms with Crippen LogP contribution in [0.2, 0.25) is 0 Å². The van der Waals surface area contributed by atoms with Gasteiger partial charge in [-0.15, -0.1) is 0 Å². The van der Waals surface area contributed by atoms with Crippen molar-refractivity contribution in [3.05, 3.63) is 60.8 Å². The summed E-state index contributed by atoms with van der Waals surface area (Å²) >= 11 is 0. The third kappa shape index (κ3) is 3.51. The number of fused-ring (bicyclic) bond motifs is 1. The fourth-order valence-corrected chi connectivity index (χ4v) is 3.28. The largest absolute Gasteiger partial charge is 0.394 e. The van der Waals surface area contributed by atoms with E-state index in [0.717, 1.165) is 22.4 Å². The van der Waals surface area contributed by atoms with Crippen LogP contribution in [0.4, 0.5) is 10.2 Å². The molecule has 3 heterocycles. The van der Waals surface area contributed by atoms with E-state index in [1.165, 1.54) is 18.3 Å². The molecule has 0 radical (unpaired) electrons. The number of hydrogen-bond acceptors (Lipinski definition) is 6. The minimum atomic E-state index is -1.06. The summed E-state index contributed by atoms with van der Waals surface area (Å²) in [7, 11) is 1.82. The second-order valence-corrected chi connectivity index (χ2v) is 6.73. The maximum atomic E-state index is 13.5. The molecule has 8 nitrogen and oxygen atoms in total. The van der Waals surface area contributed by atoms with E-state index in [0.29, 0.717) is 11.2 Å². The number of aryl methyl sites for hydroxylation is 1. The number of hydrogen-bond donors (Lipinski definition) is 3. The van der Waals surface area contributed by atoms with Gasteiger partial charge in [-0.1, -0.05) is 0 Å². The van der Waals surface area contributed by atoms with Crippen LogP contribution in [0, 0.1) is 5.82 Å². The van der Waals surface area contributed by atoms with Gasteiger partial charge >= 0.3 is 0 Å². The molecular weight excluding hydrogens is 387 g/mol. The van der Waals surface area contributed by atoms with Crippen molar-refractivity contribution >= 4 is 22.9 Å². The lowest BCUT2D eigenvalue weighted by Gasteiger charge is -2.09. The van der Waals surface area contributed by atoms with Crippen LogP contribution in [0.1, 0.15) is 0 Å². The molecule has 4 N–H and O–H groups in total. The number of nitrogens with two attached hydrogens (primary N) is 1. The number of aliphatic hydroxyl groups excluding tert-OH is 1. The maximum Gasteiger partial charge on any atom is 0.244 e. The zero-order valence-corrected chi connectivity index (χ0v) is 16.1. The summed E-state index contributed by atoms with van der Waals surface area (Å²) in [5.74, 6) is -0.679. The maximum absolute atomic E-state index is 13.5. The van der Waals surface area contributed by atoms with Crippen LogP contribution in [0.15, 0.2) is 55.0 Å². The number of nitrogens with zero attached hydrogens (tertiary/aromatic N) is 4. The number of carbonyl (C=O) groups is 1. The third-order valence-corrected chi connectivity index (χ3v) is 4.75. The zero-order valence-electron chi connectivity index (χ0n) is 16.1. The molecule has 3 aromatic heterocycles. The van der Waals surface area contributed by atoms with Crippen LogP contribution in [0.3, 0.4) is 0 Å². The Morgan fingerprint density at radius 2 is 1.90 bits per heavy atom. The average Bonchev–Trinajstić information content (AvgIpc) is 3.06. The Hall–Kier alpha value is -3.69. The number of halogens is 1. The molecule has 1 atom stereocenters. The van der Waals surface area contributed by atoms with E-state index < -0.39 is 18.6 Å². The van der Waals surface area contributed by atoms with Gasteiger partial charge in [-0.05, 0) is 47.5 Å². The molecule has 4 rings (SSSR count). The Kier molecular flexibility index (Phi) is 5.21. The van der Waals surface area contributed by atoms with Gasteiger partial charge in [0.1, 0.15) is 17.4 Å². The van der Waals surface area contributed by atoms with Gasteiger partial charge in [-0.3, -0.25) is 9.78 Å². The van der Waals surface area contributed by atoms with E-state index in [1.54, 1.807) is 24.5 Å². The second kappa shape index (κ2) is 7.97. The molecule has 0 saturated heterocycles. The lowest BCUT2D eigenvalue weighted by molar-refractivity contribution is -0.118. The van der Waals surface area contributed by atoms with Crippen LogP contribution in [-0.4, -0.2) is 43.2 Å². The van der Waals surface area contributed by atoms with Gasteiger partial charge < -0.3 is 20.7 Å². The summed E-state index contributed by atoms with van der Waals surface area (Å²) in [5.41, 5.74) is 9.97. The molecule has 152 valence electrons. The molecule has 0 aliphatic heterocycles. The van der Waals surface area contributed by atoms with Crippen molar-refractivity contribution in [3.8, 4) is 22.4 Å². The van der Waals surface area contributed by atoms with Gasteiger partial charge in [-0.2, -0.15) is 0 Å². The summed E-state index contributed by atoms with van der Waals surface area (Å²) in [6, 6.07) is 8.84. The first-order valence-electron chi connectivity index (χ1n) is 9.18. The molecule has 0 spiro atoms. The van der Waals surface area contributed by atoms with Crippen molar-refractivity contribution in [1.29, 1.82) is 0 Å². The highest BCUT2D eigenvalue weighted by Gasteiger charge is 2.22. The highest BCUT2D eigenvalue weighted by atomic mass is 19.1. The van der Waals surface area contributed by atoms with Crippen LogP contribution < -0.4 is 11.1 Å². The number of benzene rings is 1. The van der Waals surface area contributed by atoms with E-state index in [2.05, 4.69) is 20.3 Å². The van der Waals surface area contributed by atoms with E-state index in [4.69, 9.17) is 10.8 Å². The number of anilines is 1. The van der Waals surface area contributed by atoms with Crippen molar-refractivity contribution in [3.63, 3.8) is 0 Å². The van der Waals surface area contributed by atoms with Gasteiger partial charge in [0, 0.05) is 25.0 Å². The fourth-order valence-electron chi connectivity index (χ4n) is 3.28. The Morgan fingerprint density at radius 1 is 1.20 bits per heavy atom. The molecule has 30 heavy (non-hydrogen) atoms. The van der Waals surface area contributed by atoms with Gasteiger partial charge in [-0.25, -0.2) is 14.4 Å². The number of amides is 1. The van der Waals surface area contributed by atoms with Crippen LogP contribution in [0.25, 0.3) is 33.5 Å². The first-order valence-corrected chi connectivity index (χ1v) is 9.18. The second-order valence-electron chi connectivity index (χ2n) is 6.73. The SMILES string of the molecule is Cn1c(-c2ccc(F)cc2)c(-c2ccncc2)c2ncc(NC(=O)[C@@H](N)CO)nc21. The zero-order chi connectivity index (χ0) is 21.3. The van der Waals surface area contributed by atoms with Crippen LogP contribution in [0.5, 0.6) is 0 Å². The van der Waals surface area contributed by atoms with Gasteiger partial charge in [0.15, 0.2) is 11.5 Å². The summed E-state index contributed by atoms with van der Waals surface area (Å²) < 4.78 is 15.3.